The molecule has 3 nitrogen and oxygen atoms in total. The molecule has 0 heterocycles. The van der Waals surface area contributed by atoms with Gasteiger partial charge in [-0.2, -0.15) is 0 Å². The Morgan fingerprint density at radius 1 is 1.29 bits per heavy atom. The van der Waals surface area contributed by atoms with Crippen LogP contribution < -0.4 is 9.67 Å². The van der Waals surface area contributed by atoms with Crippen LogP contribution in [-0.2, 0) is 13.0 Å². The Bertz CT molecular complexity index is 421. The molecule has 0 aliphatic carbocycles. The van der Waals surface area contributed by atoms with Gasteiger partial charge in [-0.3, -0.25) is 0 Å². The number of alkyl halides is 3. The molecule has 92 valence electrons. The molecule has 0 saturated carbocycles. The number of carboxylic acid groups (broad SMARTS) is 1. The molecule has 2 radical (unpaired) electrons. The number of carbonyl (C=O) groups is 1. The van der Waals surface area contributed by atoms with E-state index in [0.717, 1.165) is 0 Å². The number of benzene rings is 1. The molecular weight excluding hydrogens is 298 g/mol. The summed E-state index contributed by atoms with van der Waals surface area (Å²) < 4.78 is 37.2. The van der Waals surface area contributed by atoms with Crippen LogP contribution in [0.5, 0.6) is 0 Å². The third kappa shape index (κ3) is 5.63. The summed E-state index contributed by atoms with van der Waals surface area (Å²) in [6.07, 6.45) is -6.49. The van der Waals surface area contributed by atoms with Crippen molar-refractivity contribution in [2.45, 2.75) is 19.1 Å². The van der Waals surface area contributed by atoms with Crippen molar-refractivity contribution in [3.8, 4) is 0 Å². The fourth-order valence-corrected chi connectivity index (χ4v) is 2.05. The summed E-state index contributed by atoms with van der Waals surface area (Å²) >= 11 is 2.14. The number of amides is 1. The van der Waals surface area contributed by atoms with Gasteiger partial charge in [0.1, 0.15) is 0 Å². The van der Waals surface area contributed by atoms with E-state index in [0.29, 0.717) is 9.91 Å². The topological polar surface area (TPSA) is 49.3 Å². The van der Waals surface area contributed by atoms with E-state index in [1.54, 1.807) is 6.07 Å². The Balaban J connectivity index is 2.83. The van der Waals surface area contributed by atoms with Crippen molar-refractivity contribution in [2.24, 2.45) is 0 Å². The third-order valence-electron chi connectivity index (χ3n) is 1.89. The second-order valence-electron chi connectivity index (χ2n) is 3.46. The monoisotopic (exact) mass is 307 g/mol. The Hall–Kier alpha value is -1.16. The van der Waals surface area contributed by atoms with Gasteiger partial charge in [0.05, 0.1) is 0 Å². The van der Waals surface area contributed by atoms with Crippen LogP contribution in [-0.4, -0.2) is 34.2 Å². The first-order valence-corrected chi connectivity index (χ1v) is 5.55. The van der Waals surface area contributed by atoms with Gasteiger partial charge >= 0.3 is 104 Å². The third-order valence-corrected chi connectivity index (χ3v) is 2.43. The first-order valence-electron chi connectivity index (χ1n) is 4.61. The van der Waals surface area contributed by atoms with Gasteiger partial charge in [0.25, 0.3) is 0 Å². The standard InChI is InChI=1S/C10H9AsF3NO2/c11-8-2-6(4-10(12,13)14)1-7(3-8)5-15-9(16)17/h1-3,15H,4-5H2,(H,16,17). The van der Waals surface area contributed by atoms with Crippen LogP contribution in [0, 0.1) is 0 Å². The molecule has 0 saturated heterocycles. The van der Waals surface area contributed by atoms with Gasteiger partial charge in [-0.1, -0.05) is 0 Å². The summed E-state index contributed by atoms with van der Waals surface area (Å²) in [4.78, 5) is 10.3. The van der Waals surface area contributed by atoms with Gasteiger partial charge in [0, 0.05) is 0 Å². The van der Waals surface area contributed by atoms with Crippen molar-refractivity contribution < 1.29 is 23.1 Å². The Morgan fingerprint density at radius 2 is 1.88 bits per heavy atom. The van der Waals surface area contributed by atoms with Crippen molar-refractivity contribution in [2.75, 3.05) is 0 Å². The molecule has 17 heavy (non-hydrogen) atoms. The molecule has 0 spiro atoms. The maximum absolute atomic E-state index is 12.2. The zero-order valence-electron chi connectivity index (χ0n) is 8.58. The van der Waals surface area contributed by atoms with E-state index in [1.165, 1.54) is 12.1 Å². The predicted molar refractivity (Wildman–Crippen MR) is 56.5 cm³/mol. The van der Waals surface area contributed by atoms with E-state index in [-0.39, 0.29) is 12.1 Å². The zero-order chi connectivity index (χ0) is 13.1. The van der Waals surface area contributed by atoms with Crippen molar-refractivity contribution in [3.05, 3.63) is 29.3 Å². The van der Waals surface area contributed by atoms with E-state index in [9.17, 15) is 18.0 Å². The zero-order valence-corrected chi connectivity index (χ0v) is 10.5. The van der Waals surface area contributed by atoms with Gasteiger partial charge in [0.15, 0.2) is 0 Å². The molecule has 1 aromatic carbocycles. The number of hydrogen-bond acceptors (Lipinski definition) is 1. The van der Waals surface area contributed by atoms with E-state index < -0.39 is 18.7 Å². The van der Waals surface area contributed by atoms with Crippen LogP contribution in [0.25, 0.3) is 0 Å². The molecule has 2 N–H and O–H groups in total. The fourth-order valence-electron chi connectivity index (χ4n) is 1.36. The Morgan fingerprint density at radius 3 is 2.41 bits per heavy atom. The van der Waals surface area contributed by atoms with Crippen LogP contribution in [0.4, 0.5) is 18.0 Å². The SMILES string of the molecule is O=C(O)NCc1cc([As])cc(CC(F)(F)F)c1. The van der Waals surface area contributed by atoms with E-state index in [2.05, 4.69) is 22.2 Å². The van der Waals surface area contributed by atoms with Crippen LogP contribution in [0.3, 0.4) is 0 Å². The van der Waals surface area contributed by atoms with Crippen molar-refractivity contribution in [1.29, 1.82) is 0 Å². The molecule has 1 amide bonds. The van der Waals surface area contributed by atoms with Crippen molar-refractivity contribution in [3.63, 3.8) is 0 Å². The normalized spacial score (nSPS) is 11.3. The first-order chi connectivity index (χ1) is 7.76. The molecule has 1 aromatic rings. The minimum atomic E-state index is -4.27. The van der Waals surface area contributed by atoms with E-state index in [1.807, 2.05) is 0 Å². The van der Waals surface area contributed by atoms with Gasteiger partial charge < -0.3 is 0 Å². The molecule has 0 atom stereocenters. The number of halogens is 3. The quantitative estimate of drug-likeness (QED) is 0.828. The van der Waals surface area contributed by atoms with E-state index in [4.69, 9.17) is 5.11 Å². The molecule has 0 aliphatic rings. The molecule has 0 fully saturated rings. The van der Waals surface area contributed by atoms with Crippen molar-refractivity contribution >= 4 is 27.3 Å². The summed E-state index contributed by atoms with van der Waals surface area (Å²) in [5, 5.41) is 10.5. The first kappa shape index (κ1) is 13.9. The van der Waals surface area contributed by atoms with Crippen LogP contribution in [0.15, 0.2) is 18.2 Å². The van der Waals surface area contributed by atoms with Gasteiger partial charge in [-0.05, 0) is 0 Å². The molecule has 1 rings (SSSR count). The van der Waals surface area contributed by atoms with Crippen LogP contribution in [0.1, 0.15) is 11.1 Å². The van der Waals surface area contributed by atoms with Gasteiger partial charge in [-0.25, -0.2) is 0 Å². The molecular formula is C10H9AsF3NO2. The summed E-state index contributed by atoms with van der Waals surface area (Å²) in [6, 6.07) is 4.38. The number of hydrogen-bond donors (Lipinski definition) is 2. The predicted octanol–water partition coefficient (Wildman–Crippen LogP) is 1.35. The maximum atomic E-state index is 12.2. The van der Waals surface area contributed by atoms with Crippen LogP contribution in [0.2, 0.25) is 0 Å². The van der Waals surface area contributed by atoms with Gasteiger partial charge in [-0.15, -0.1) is 0 Å². The number of nitrogens with one attached hydrogen (secondary N) is 1. The summed E-state index contributed by atoms with van der Waals surface area (Å²) in [7, 11) is 0. The number of rotatable bonds is 3. The molecule has 0 aromatic heterocycles. The second kappa shape index (κ2) is 5.45. The summed E-state index contributed by atoms with van der Waals surface area (Å²) in [6.45, 7) is -0.00814. The fraction of sp³-hybridized carbons (Fsp3) is 0.300. The Kier molecular flexibility index (Phi) is 4.45. The molecule has 0 unspecified atom stereocenters. The molecule has 0 aliphatic heterocycles. The average Bonchev–Trinajstić information content (AvgIpc) is 2.10. The summed E-state index contributed by atoms with van der Waals surface area (Å²) in [5.41, 5.74) is 0.627. The van der Waals surface area contributed by atoms with E-state index >= 15 is 0 Å². The molecule has 0 bridgehead atoms. The van der Waals surface area contributed by atoms with Gasteiger partial charge in [0.2, 0.25) is 0 Å². The second-order valence-corrected chi connectivity index (χ2v) is 4.54. The average molecular weight is 307 g/mol. The molecule has 7 heteroatoms. The van der Waals surface area contributed by atoms with Crippen LogP contribution >= 0.6 is 0 Å². The van der Waals surface area contributed by atoms with Crippen molar-refractivity contribution in [1.82, 2.24) is 5.32 Å². The Labute approximate surface area is 105 Å². The minimum absolute atomic E-state index is 0.00814. The summed E-state index contributed by atoms with van der Waals surface area (Å²) in [5.74, 6) is 0.